The summed E-state index contributed by atoms with van der Waals surface area (Å²) in [5.41, 5.74) is 3.04. The first-order chi connectivity index (χ1) is 18.1. The largest absolute Gasteiger partial charge is 0.280 e. The molecule has 1 amide bonds. The van der Waals surface area contributed by atoms with E-state index in [-0.39, 0.29) is 17.3 Å². The van der Waals surface area contributed by atoms with Gasteiger partial charge in [-0.05, 0) is 48.5 Å². The van der Waals surface area contributed by atoms with Crippen molar-refractivity contribution < 1.29 is 9.72 Å². The molecular weight excluding hydrogens is 486 g/mol. The van der Waals surface area contributed by atoms with E-state index < -0.39 is 4.92 Å². The van der Waals surface area contributed by atoms with E-state index in [2.05, 4.69) is 10.2 Å². The van der Waals surface area contributed by atoms with Crippen LogP contribution in [0, 0.1) is 10.1 Å². The van der Waals surface area contributed by atoms with Crippen molar-refractivity contribution in [2.45, 2.75) is 5.16 Å². The quantitative estimate of drug-likeness (QED) is 0.139. The predicted octanol–water partition coefficient (Wildman–Crippen LogP) is 6.30. The van der Waals surface area contributed by atoms with E-state index in [0.29, 0.717) is 16.5 Å². The average Bonchev–Trinajstić information content (AvgIpc) is 3.38. The minimum atomic E-state index is -0.441. The number of carbonyl (C=O) groups is 1. The third kappa shape index (κ3) is 5.26. The molecule has 0 bridgehead atoms. The van der Waals surface area contributed by atoms with Crippen LogP contribution in [0.5, 0.6) is 0 Å². The Hall–Kier alpha value is -4.76. The maximum atomic E-state index is 13.5. The van der Waals surface area contributed by atoms with Gasteiger partial charge in [0.05, 0.1) is 10.7 Å². The van der Waals surface area contributed by atoms with Crippen LogP contribution in [0.3, 0.4) is 0 Å². The highest BCUT2D eigenvalue weighted by Gasteiger charge is 2.22. The second-order valence-corrected chi connectivity index (χ2v) is 8.91. The Kier molecular flexibility index (Phi) is 7.05. The van der Waals surface area contributed by atoms with Gasteiger partial charge in [-0.1, -0.05) is 66.4 Å². The number of nitro groups is 1. The van der Waals surface area contributed by atoms with Crippen LogP contribution in [0.1, 0.15) is 0 Å². The first-order valence-electron chi connectivity index (χ1n) is 11.4. The summed E-state index contributed by atoms with van der Waals surface area (Å²) in [7, 11) is 0. The molecule has 0 aliphatic carbocycles. The second kappa shape index (κ2) is 10.9. The molecule has 1 heterocycles. The maximum Gasteiger partial charge on any atom is 0.269 e. The molecule has 9 heteroatoms. The van der Waals surface area contributed by atoms with Crippen LogP contribution in [0.4, 0.5) is 17.1 Å². The van der Waals surface area contributed by atoms with Gasteiger partial charge in [0.15, 0.2) is 11.0 Å². The number of anilines is 2. The van der Waals surface area contributed by atoms with Crippen molar-refractivity contribution in [3.63, 3.8) is 0 Å². The lowest BCUT2D eigenvalue weighted by atomic mass is 10.2. The number of thioether (sulfide) groups is 1. The number of aromatic nitrogens is 3. The van der Waals surface area contributed by atoms with Crippen LogP contribution in [0.25, 0.3) is 17.1 Å². The van der Waals surface area contributed by atoms with Crippen molar-refractivity contribution >= 4 is 34.7 Å². The number of benzene rings is 4. The molecule has 0 aliphatic rings. The summed E-state index contributed by atoms with van der Waals surface area (Å²) in [5, 5.41) is 20.4. The highest BCUT2D eigenvalue weighted by molar-refractivity contribution is 7.99. The van der Waals surface area contributed by atoms with Gasteiger partial charge in [-0.3, -0.25) is 24.4 Å². The Bertz CT molecular complexity index is 1470. The number of para-hydroxylation sites is 3. The third-order valence-corrected chi connectivity index (χ3v) is 6.50. The fourth-order valence-electron chi connectivity index (χ4n) is 3.87. The molecule has 5 aromatic rings. The molecule has 0 aliphatic heterocycles. The molecule has 0 unspecified atom stereocenters. The molecule has 37 heavy (non-hydrogen) atoms. The molecule has 0 atom stereocenters. The van der Waals surface area contributed by atoms with Gasteiger partial charge in [0.25, 0.3) is 5.69 Å². The van der Waals surface area contributed by atoms with Crippen LogP contribution in [0.15, 0.2) is 120 Å². The molecule has 1 aromatic heterocycles. The fraction of sp³-hybridized carbons (Fsp3) is 0.0357. The Balaban J connectivity index is 1.47. The van der Waals surface area contributed by atoms with E-state index in [0.717, 1.165) is 17.1 Å². The zero-order chi connectivity index (χ0) is 25.6. The molecule has 8 nitrogen and oxygen atoms in total. The number of amides is 1. The van der Waals surface area contributed by atoms with E-state index in [4.69, 9.17) is 0 Å². The molecule has 5 rings (SSSR count). The fourth-order valence-corrected chi connectivity index (χ4v) is 4.68. The number of non-ortho nitro benzene ring substituents is 1. The number of nitro benzene ring substituents is 1. The molecule has 0 radical (unpaired) electrons. The lowest BCUT2D eigenvalue weighted by Gasteiger charge is -2.23. The third-order valence-electron chi connectivity index (χ3n) is 5.59. The standard InChI is InChI=1S/C28H21N5O3S/c34-26(31(22-10-4-1-5-11-22)23-12-6-2-7-13-23)20-37-28-30-29-27(32(28)24-14-8-3-9-15-24)21-16-18-25(19-17-21)33(35)36/h1-19H,20H2. The number of carbonyl (C=O) groups excluding carboxylic acids is 1. The maximum absolute atomic E-state index is 13.5. The summed E-state index contributed by atoms with van der Waals surface area (Å²) in [5.74, 6) is 0.538. The zero-order valence-electron chi connectivity index (χ0n) is 19.5. The number of hydrogen-bond donors (Lipinski definition) is 0. The van der Waals surface area contributed by atoms with Crippen LogP contribution in [-0.2, 0) is 4.79 Å². The first kappa shape index (κ1) is 24.0. The van der Waals surface area contributed by atoms with Crippen molar-refractivity contribution in [3.8, 4) is 17.1 Å². The molecule has 0 saturated heterocycles. The second-order valence-electron chi connectivity index (χ2n) is 7.97. The number of nitrogens with zero attached hydrogens (tertiary/aromatic N) is 5. The predicted molar refractivity (Wildman–Crippen MR) is 144 cm³/mol. The molecule has 0 spiro atoms. The highest BCUT2D eigenvalue weighted by atomic mass is 32.2. The van der Waals surface area contributed by atoms with Crippen LogP contribution < -0.4 is 4.90 Å². The zero-order valence-corrected chi connectivity index (χ0v) is 20.4. The van der Waals surface area contributed by atoms with Gasteiger partial charge in [0, 0.05) is 34.8 Å². The molecule has 0 N–H and O–H groups in total. The number of hydrogen-bond acceptors (Lipinski definition) is 6. The summed E-state index contributed by atoms with van der Waals surface area (Å²) < 4.78 is 1.86. The summed E-state index contributed by atoms with van der Waals surface area (Å²) in [6.45, 7) is 0. The topological polar surface area (TPSA) is 94.2 Å². The summed E-state index contributed by atoms with van der Waals surface area (Å²) >= 11 is 1.28. The molecule has 0 saturated carbocycles. The van der Waals surface area contributed by atoms with E-state index >= 15 is 0 Å². The molecule has 4 aromatic carbocycles. The van der Waals surface area contributed by atoms with Crippen molar-refractivity contribution in [3.05, 3.63) is 125 Å². The van der Waals surface area contributed by atoms with Gasteiger partial charge in [0.2, 0.25) is 5.91 Å². The Labute approximate surface area is 217 Å². The molecule has 182 valence electrons. The highest BCUT2D eigenvalue weighted by Crippen LogP contribution is 2.31. The van der Waals surface area contributed by atoms with E-state index in [9.17, 15) is 14.9 Å². The Morgan fingerprint density at radius 2 is 1.32 bits per heavy atom. The first-order valence-corrected chi connectivity index (χ1v) is 12.4. The van der Waals surface area contributed by atoms with Gasteiger partial charge in [-0.15, -0.1) is 10.2 Å². The van der Waals surface area contributed by atoms with E-state index in [1.54, 1.807) is 17.0 Å². The summed E-state index contributed by atoms with van der Waals surface area (Å²) in [6.07, 6.45) is 0. The van der Waals surface area contributed by atoms with Crippen LogP contribution in [-0.4, -0.2) is 31.3 Å². The number of rotatable bonds is 8. The normalized spacial score (nSPS) is 10.7. The van der Waals surface area contributed by atoms with Gasteiger partial charge >= 0.3 is 0 Å². The lowest BCUT2D eigenvalue weighted by Crippen LogP contribution is -2.27. The van der Waals surface area contributed by atoms with Crippen molar-refractivity contribution in [2.75, 3.05) is 10.7 Å². The Morgan fingerprint density at radius 3 is 1.86 bits per heavy atom. The van der Waals surface area contributed by atoms with Crippen LogP contribution in [0.2, 0.25) is 0 Å². The minimum absolute atomic E-state index is 0.00311. The Morgan fingerprint density at radius 1 is 0.784 bits per heavy atom. The van der Waals surface area contributed by atoms with Crippen molar-refractivity contribution in [1.82, 2.24) is 14.8 Å². The van der Waals surface area contributed by atoms with Crippen molar-refractivity contribution in [1.29, 1.82) is 0 Å². The summed E-state index contributed by atoms with van der Waals surface area (Å²) in [4.78, 5) is 25.9. The molecule has 0 fully saturated rings. The van der Waals surface area contributed by atoms with E-state index in [1.807, 2.05) is 95.6 Å². The lowest BCUT2D eigenvalue weighted by molar-refractivity contribution is -0.384. The van der Waals surface area contributed by atoms with Gasteiger partial charge < -0.3 is 0 Å². The van der Waals surface area contributed by atoms with E-state index in [1.165, 1.54) is 23.9 Å². The van der Waals surface area contributed by atoms with Gasteiger partial charge in [0.1, 0.15) is 0 Å². The van der Waals surface area contributed by atoms with Gasteiger partial charge in [-0.2, -0.15) is 0 Å². The minimum Gasteiger partial charge on any atom is -0.280 e. The van der Waals surface area contributed by atoms with Crippen molar-refractivity contribution in [2.24, 2.45) is 0 Å². The SMILES string of the molecule is O=C(CSc1nnc(-c2ccc([N+](=O)[O-])cc2)n1-c1ccccc1)N(c1ccccc1)c1ccccc1. The van der Waals surface area contributed by atoms with Crippen LogP contribution >= 0.6 is 11.8 Å². The summed E-state index contributed by atoms with van der Waals surface area (Å²) in [6, 6.07) is 34.7. The smallest absolute Gasteiger partial charge is 0.269 e. The molecular formula is C28H21N5O3S. The average molecular weight is 508 g/mol. The monoisotopic (exact) mass is 507 g/mol. The van der Waals surface area contributed by atoms with Gasteiger partial charge in [-0.25, -0.2) is 0 Å².